The number of hydrogen-bond acceptors (Lipinski definition) is 5. The molecule has 134 valence electrons. The molecule has 0 saturated heterocycles. The molecule has 0 bridgehead atoms. The first-order valence-electron chi connectivity index (χ1n) is 9.24. The average Bonchev–Trinajstić information content (AvgIpc) is 3.46. The molecule has 3 aromatic heterocycles. The second-order valence-corrected chi connectivity index (χ2v) is 7.07. The van der Waals surface area contributed by atoms with Crippen LogP contribution in [0.2, 0.25) is 0 Å². The number of rotatable bonds is 5. The topological polar surface area (TPSA) is 68.0 Å². The Hall–Kier alpha value is -3.28. The first kappa shape index (κ1) is 15.9. The monoisotopic (exact) mass is 356 g/mol. The van der Waals surface area contributed by atoms with Gasteiger partial charge in [-0.15, -0.1) is 15.3 Å². The number of nitrogens with zero attached hydrogens (tertiary/aromatic N) is 5. The van der Waals surface area contributed by atoms with E-state index in [-0.39, 0.29) is 6.04 Å². The molecule has 3 heterocycles. The molecule has 6 nitrogen and oxygen atoms in total. The second-order valence-electron chi connectivity index (χ2n) is 7.07. The lowest BCUT2D eigenvalue weighted by Crippen LogP contribution is -2.15. The molecule has 1 unspecified atom stereocenters. The fraction of sp³-hybridized carbons (Fsp3) is 0.238. The van der Waals surface area contributed by atoms with Crippen LogP contribution in [0.1, 0.15) is 47.4 Å². The van der Waals surface area contributed by atoms with Crippen LogP contribution in [0.3, 0.4) is 0 Å². The standard InChI is InChI=1S/C21H20N6/c1-14-5-4-6-16(13-14)20(17-7-2-3-12-22-17)23-18-10-11-19-24-25-21(15-8-9-15)27(19)26-18/h2-7,10-13,15,20H,8-9H2,1H3,(H,23,26). The maximum absolute atomic E-state index is 4.76. The van der Waals surface area contributed by atoms with E-state index in [1.165, 1.54) is 18.4 Å². The molecule has 1 aromatic carbocycles. The quantitative estimate of drug-likeness (QED) is 0.587. The lowest BCUT2D eigenvalue weighted by molar-refractivity contribution is 0.800. The van der Waals surface area contributed by atoms with Crippen molar-refractivity contribution in [1.29, 1.82) is 0 Å². The summed E-state index contributed by atoms with van der Waals surface area (Å²) in [7, 11) is 0. The molecule has 6 heteroatoms. The zero-order chi connectivity index (χ0) is 18.2. The fourth-order valence-corrected chi connectivity index (χ4v) is 3.35. The average molecular weight is 356 g/mol. The van der Waals surface area contributed by atoms with Gasteiger partial charge in [-0.3, -0.25) is 4.98 Å². The van der Waals surface area contributed by atoms with Crippen LogP contribution < -0.4 is 5.32 Å². The Morgan fingerprint density at radius 1 is 1.04 bits per heavy atom. The van der Waals surface area contributed by atoms with Crippen LogP contribution in [0.5, 0.6) is 0 Å². The molecule has 0 spiro atoms. The molecule has 1 fully saturated rings. The van der Waals surface area contributed by atoms with E-state index in [4.69, 9.17) is 5.10 Å². The largest absolute Gasteiger partial charge is 0.356 e. The summed E-state index contributed by atoms with van der Waals surface area (Å²) in [6.45, 7) is 2.10. The second kappa shape index (κ2) is 6.46. The van der Waals surface area contributed by atoms with Crippen LogP contribution in [0.15, 0.2) is 60.8 Å². The number of nitrogens with one attached hydrogen (secondary N) is 1. The summed E-state index contributed by atoms with van der Waals surface area (Å²) in [5, 5.41) is 16.9. The Balaban J connectivity index is 1.55. The van der Waals surface area contributed by atoms with Gasteiger partial charge < -0.3 is 5.32 Å². The van der Waals surface area contributed by atoms with Gasteiger partial charge in [-0.2, -0.15) is 4.52 Å². The molecular weight excluding hydrogens is 336 g/mol. The van der Waals surface area contributed by atoms with Crippen molar-refractivity contribution >= 4 is 11.5 Å². The number of anilines is 1. The van der Waals surface area contributed by atoms with Crippen LogP contribution >= 0.6 is 0 Å². The van der Waals surface area contributed by atoms with Crippen molar-refractivity contribution in [1.82, 2.24) is 24.8 Å². The number of benzene rings is 1. The normalized spacial score (nSPS) is 15.0. The third-order valence-corrected chi connectivity index (χ3v) is 4.88. The van der Waals surface area contributed by atoms with Crippen molar-refractivity contribution in [3.8, 4) is 0 Å². The van der Waals surface area contributed by atoms with E-state index in [0.29, 0.717) is 5.92 Å². The molecule has 0 amide bonds. The van der Waals surface area contributed by atoms with Crippen LogP contribution in [0.4, 0.5) is 5.82 Å². The highest BCUT2D eigenvalue weighted by atomic mass is 15.4. The number of fused-ring (bicyclic) bond motifs is 1. The number of aromatic nitrogens is 5. The minimum atomic E-state index is -0.0862. The molecule has 1 aliphatic carbocycles. The predicted molar refractivity (Wildman–Crippen MR) is 104 cm³/mol. The lowest BCUT2D eigenvalue weighted by atomic mass is 10.0. The summed E-state index contributed by atoms with van der Waals surface area (Å²) in [6.07, 6.45) is 4.15. The summed E-state index contributed by atoms with van der Waals surface area (Å²) in [6, 6.07) is 18.3. The van der Waals surface area contributed by atoms with E-state index >= 15 is 0 Å². The number of hydrogen-bond donors (Lipinski definition) is 1. The maximum atomic E-state index is 4.76. The van der Waals surface area contributed by atoms with Crippen LogP contribution in [0.25, 0.3) is 5.65 Å². The number of pyridine rings is 1. The fourth-order valence-electron chi connectivity index (χ4n) is 3.35. The molecule has 1 saturated carbocycles. The highest BCUT2D eigenvalue weighted by molar-refractivity contribution is 5.48. The maximum Gasteiger partial charge on any atom is 0.178 e. The van der Waals surface area contributed by atoms with E-state index in [1.54, 1.807) is 0 Å². The zero-order valence-corrected chi connectivity index (χ0v) is 15.1. The van der Waals surface area contributed by atoms with Gasteiger partial charge >= 0.3 is 0 Å². The van der Waals surface area contributed by atoms with Crippen molar-refractivity contribution in [2.75, 3.05) is 5.32 Å². The Morgan fingerprint density at radius 2 is 1.96 bits per heavy atom. The van der Waals surface area contributed by atoms with Crippen molar-refractivity contribution in [3.05, 3.63) is 83.4 Å². The molecule has 27 heavy (non-hydrogen) atoms. The van der Waals surface area contributed by atoms with Gasteiger partial charge in [0, 0.05) is 12.1 Å². The third-order valence-electron chi connectivity index (χ3n) is 4.88. The minimum Gasteiger partial charge on any atom is -0.356 e. The van der Waals surface area contributed by atoms with E-state index < -0.39 is 0 Å². The van der Waals surface area contributed by atoms with Crippen molar-refractivity contribution in [3.63, 3.8) is 0 Å². The summed E-state index contributed by atoms with van der Waals surface area (Å²) < 4.78 is 1.87. The summed E-state index contributed by atoms with van der Waals surface area (Å²) in [5.41, 5.74) is 4.11. The van der Waals surface area contributed by atoms with E-state index in [0.717, 1.165) is 28.5 Å². The smallest absolute Gasteiger partial charge is 0.178 e. The molecule has 0 radical (unpaired) electrons. The van der Waals surface area contributed by atoms with Gasteiger partial charge in [-0.05, 0) is 49.6 Å². The SMILES string of the molecule is Cc1cccc(C(Nc2ccc3nnc(C4CC4)n3n2)c2ccccn2)c1. The molecule has 1 aliphatic rings. The predicted octanol–water partition coefficient (Wildman–Crippen LogP) is 3.91. The van der Waals surface area contributed by atoms with Crippen molar-refractivity contribution < 1.29 is 0 Å². The molecule has 5 rings (SSSR count). The van der Waals surface area contributed by atoms with Gasteiger partial charge in [-0.1, -0.05) is 35.9 Å². The molecule has 1 atom stereocenters. The summed E-state index contributed by atoms with van der Waals surface area (Å²) in [5.74, 6) is 2.23. The molecule has 1 N–H and O–H groups in total. The lowest BCUT2D eigenvalue weighted by Gasteiger charge is -2.20. The Kier molecular flexibility index (Phi) is 3.81. The summed E-state index contributed by atoms with van der Waals surface area (Å²) >= 11 is 0. The Bertz CT molecular complexity index is 1080. The van der Waals surface area contributed by atoms with Gasteiger partial charge in [-0.25, -0.2) is 0 Å². The highest BCUT2D eigenvalue weighted by Gasteiger charge is 2.29. The highest BCUT2D eigenvalue weighted by Crippen LogP contribution is 2.38. The van der Waals surface area contributed by atoms with Gasteiger partial charge in [0.1, 0.15) is 5.82 Å². The Labute approximate surface area is 157 Å². The first-order chi connectivity index (χ1) is 13.3. The van der Waals surface area contributed by atoms with E-state index in [1.807, 2.05) is 41.0 Å². The molecule has 4 aromatic rings. The molecular formula is C21H20N6. The van der Waals surface area contributed by atoms with Crippen LogP contribution in [-0.2, 0) is 0 Å². The van der Waals surface area contributed by atoms with Crippen molar-refractivity contribution in [2.24, 2.45) is 0 Å². The number of aryl methyl sites for hydroxylation is 1. The van der Waals surface area contributed by atoms with Gasteiger partial charge in [0.2, 0.25) is 0 Å². The molecule has 0 aliphatic heterocycles. The van der Waals surface area contributed by atoms with E-state index in [2.05, 4.69) is 51.7 Å². The van der Waals surface area contributed by atoms with Crippen molar-refractivity contribution in [2.45, 2.75) is 31.7 Å². The first-order valence-corrected chi connectivity index (χ1v) is 9.24. The zero-order valence-electron chi connectivity index (χ0n) is 15.1. The van der Waals surface area contributed by atoms with Crippen LogP contribution in [0, 0.1) is 6.92 Å². The Morgan fingerprint density at radius 3 is 2.74 bits per heavy atom. The van der Waals surface area contributed by atoms with E-state index in [9.17, 15) is 0 Å². The van der Waals surface area contributed by atoms with Gasteiger partial charge in [0.05, 0.1) is 11.7 Å². The third kappa shape index (κ3) is 3.14. The van der Waals surface area contributed by atoms with Gasteiger partial charge in [0.25, 0.3) is 0 Å². The van der Waals surface area contributed by atoms with Gasteiger partial charge in [0.15, 0.2) is 11.5 Å². The summed E-state index contributed by atoms with van der Waals surface area (Å²) in [4.78, 5) is 4.57. The van der Waals surface area contributed by atoms with Crippen LogP contribution in [-0.4, -0.2) is 24.8 Å². The minimum absolute atomic E-state index is 0.0862.